The molecule has 0 aliphatic heterocycles. The highest BCUT2D eigenvalue weighted by atomic mass is 16.6. The fraction of sp³-hybridized carbons (Fsp3) is 0.714. The lowest BCUT2D eigenvalue weighted by molar-refractivity contribution is -0.214. The minimum Gasteiger partial charge on any atom is -0.459 e. The average molecular weight is 250 g/mol. The Morgan fingerprint density at radius 1 is 1.28 bits per heavy atom. The van der Waals surface area contributed by atoms with Gasteiger partial charge in [0, 0.05) is 30.3 Å². The van der Waals surface area contributed by atoms with Crippen LogP contribution in [0.5, 0.6) is 0 Å². The molecular weight excluding hydrogens is 232 g/mol. The summed E-state index contributed by atoms with van der Waals surface area (Å²) in [5.74, 6) is 0.645. The molecule has 4 heteroatoms. The Morgan fingerprint density at radius 3 is 2.50 bits per heavy atom. The van der Waals surface area contributed by atoms with Crippen LogP contribution in [0.2, 0.25) is 0 Å². The number of esters is 2. The van der Waals surface area contributed by atoms with Crippen LogP contribution in [0.3, 0.4) is 0 Å². The summed E-state index contributed by atoms with van der Waals surface area (Å²) in [5.41, 5.74) is 0.219. The third-order valence-electron chi connectivity index (χ3n) is 4.76. The van der Waals surface area contributed by atoms with Gasteiger partial charge in [-0.15, -0.1) is 0 Å². The van der Waals surface area contributed by atoms with Crippen molar-refractivity contribution in [2.45, 2.75) is 44.8 Å². The van der Waals surface area contributed by atoms with Crippen molar-refractivity contribution in [3.63, 3.8) is 0 Å². The molecule has 0 heterocycles. The number of hydrogen-bond donors (Lipinski definition) is 0. The van der Waals surface area contributed by atoms with Gasteiger partial charge >= 0.3 is 11.9 Å². The number of carbonyl (C=O) groups excluding carboxylic acids is 2. The number of rotatable bonds is 3. The number of fused-ring (bicyclic) bond motifs is 1. The van der Waals surface area contributed by atoms with E-state index >= 15 is 0 Å². The topological polar surface area (TPSA) is 52.6 Å². The van der Waals surface area contributed by atoms with Gasteiger partial charge in [0.05, 0.1) is 0 Å². The minimum atomic E-state index is -0.294. The molecule has 0 radical (unpaired) electrons. The molecule has 0 spiro atoms. The van der Waals surface area contributed by atoms with E-state index in [2.05, 4.69) is 6.58 Å². The molecule has 5 atom stereocenters. The van der Waals surface area contributed by atoms with Gasteiger partial charge in [-0.05, 0) is 26.2 Å². The first-order chi connectivity index (χ1) is 8.43. The monoisotopic (exact) mass is 250 g/mol. The van der Waals surface area contributed by atoms with Gasteiger partial charge in [-0.25, -0.2) is 4.79 Å². The van der Waals surface area contributed by atoms with E-state index < -0.39 is 0 Å². The van der Waals surface area contributed by atoms with E-state index in [1.165, 1.54) is 6.92 Å². The smallest absolute Gasteiger partial charge is 0.333 e. The van der Waals surface area contributed by atoms with Gasteiger partial charge in [0.15, 0.2) is 0 Å². The molecule has 3 fully saturated rings. The Hall–Kier alpha value is -1.32. The Morgan fingerprint density at radius 2 is 2.00 bits per heavy atom. The molecule has 2 bridgehead atoms. The van der Waals surface area contributed by atoms with Crippen molar-refractivity contribution in [1.29, 1.82) is 0 Å². The maximum atomic E-state index is 11.6. The third-order valence-corrected chi connectivity index (χ3v) is 4.76. The predicted octanol–water partition coefficient (Wildman–Crippen LogP) is 1.84. The van der Waals surface area contributed by atoms with Gasteiger partial charge in [0.1, 0.15) is 11.7 Å². The lowest BCUT2D eigenvalue weighted by Crippen LogP contribution is -2.59. The van der Waals surface area contributed by atoms with Crippen molar-refractivity contribution in [2.24, 2.45) is 17.8 Å². The molecule has 3 aliphatic carbocycles. The molecule has 0 saturated heterocycles. The molecule has 0 amide bonds. The van der Waals surface area contributed by atoms with Crippen LogP contribution in [0.1, 0.15) is 33.1 Å². The van der Waals surface area contributed by atoms with Gasteiger partial charge in [-0.2, -0.15) is 0 Å². The largest absolute Gasteiger partial charge is 0.459 e. The molecule has 0 aromatic carbocycles. The Labute approximate surface area is 106 Å². The summed E-state index contributed by atoms with van der Waals surface area (Å²) >= 11 is 0. The highest BCUT2D eigenvalue weighted by Crippen LogP contribution is 2.68. The fourth-order valence-corrected chi connectivity index (χ4v) is 4.20. The van der Waals surface area contributed by atoms with E-state index in [0.29, 0.717) is 23.3 Å². The van der Waals surface area contributed by atoms with E-state index in [0.717, 1.165) is 19.3 Å². The average Bonchev–Trinajstić information content (AvgIpc) is 2.66. The van der Waals surface area contributed by atoms with Crippen molar-refractivity contribution in [3.05, 3.63) is 12.2 Å². The molecule has 0 aromatic heterocycles. The second-order valence-electron chi connectivity index (χ2n) is 5.98. The minimum absolute atomic E-state index is 0.0108. The van der Waals surface area contributed by atoms with Crippen LogP contribution in [-0.4, -0.2) is 23.6 Å². The molecule has 3 saturated carbocycles. The van der Waals surface area contributed by atoms with Crippen molar-refractivity contribution in [2.75, 3.05) is 0 Å². The molecule has 3 rings (SSSR count). The van der Waals surface area contributed by atoms with Crippen LogP contribution < -0.4 is 0 Å². The Bertz CT molecular complexity index is 439. The quantitative estimate of drug-likeness (QED) is 0.566. The van der Waals surface area contributed by atoms with Crippen molar-refractivity contribution >= 4 is 11.9 Å². The maximum absolute atomic E-state index is 11.6. The summed E-state index contributed by atoms with van der Waals surface area (Å²) in [7, 11) is 0. The van der Waals surface area contributed by atoms with Gasteiger partial charge in [0.2, 0.25) is 0 Å². The van der Waals surface area contributed by atoms with Gasteiger partial charge in [0.25, 0.3) is 0 Å². The van der Waals surface area contributed by atoms with Crippen LogP contribution in [0.15, 0.2) is 12.2 Å². The highest BCUT2D eigenvalue weighted by molar-refractivity contribution is 5.87. The fourth-order valence-electron chi connectivity index (χ4n) is 4.20. The highest BCUT2D eigenvalue weighted by Gasteiger charge is 2.71. The number of carbonyl (C=O) groups is 2. The van der Waals surface area contributed by atoms with E-state index in [9.17, 15) is 9.59 Å². The van der Waals surface area contributed by atoms with Gasteiger partial charge in [-0.3, -0.25) is 4.79 Å². The predicted molar refractivity (Wildman–Crippen MR) is 63.5 cm³/mol. The summed E-state index contributed by atoms with van der Waals surface area (Å²) in [4.78, 5) is 22.7. The first kappa shape index (κ1) is 11.8. The second kappa shape index (κ2) is 3.59. The van der Waals surface area contributed by atoms with Crippen molar-refractivity contribution in [1.82, 2.24) is 0 Å². The van der Waals surface area contributed by atoms with E-state index in [4.69, 9.17) is 9.47 Å². The van der Waals surface area contributed by atoms with Crippen molar-refractivity contribution < 1.29 is 19.1 Å². The number of ether oxygens (including phenoxy) is 2. The molecule has 4 nitrogen and oxygen atoms in total. The van der Waals surface area contributed by atoms with Gasteiger partial charge < -0.3 is 9.47 Å². The second-order valence-corrected chi connectivity index (χ2v) is 5.98. The van der Waals surface area contributed by atoms with Crippen LogP contribution in [0, 0.1) is 17.8 Å². The third kappa shape index (κ3) is 1.44. The van der Waals surface area contributed by atoms with Gasteiger partial charge in [-0.1, -0.05) is 6.58 Å². The molecule has 0 aromatic rings. The molecule has 18 heavy (non-hydrogen) atoms. The molecule has 0 N–H and O–H groups in total. The summed E-state index contributed by atoms with van der Waals surface area (Å²) in [6.45, 7) is 6.74. The summed E-state index contributed by atoms with van der Waals surface area (Å²) in [6.07, 6.45) is 2.73. The van der Waals surface area contributed by atoms with Crippen LogP contribution in [0.4, 0.5) is 0 Å². The zero-order chi connectivity index (χ0) is 13.1. The summed E-state index contributed by atoms with van der Waals surface area (Å²) in [5, 5.41) is 0. The Kier molecular flexibility index (Phi) is 2.34. The van der Waals surface area contributed by atoms with Crippen molar-refractivity contribution in [3.8, 4) is 0 Å². The standard InChI is InChI=1S/C14H18O4/c1-7(2)13(16)17-12-9-4-11-10(12)6-14(11,5-9)18-8(3)15/h9-12H,1,4-6H2,2-3H3. The lowest BCUT2D eigenvalue weighted by Gasteiger charge is -2.54. The lowest BCUT2D eigenvalue weighted by atomic mass is 9.59. The molecular formula is C14H18O4. The van der Waals surface area contributed by atoms with E-state index in [1.807, 2.05) is 0 Å². The molecule has 3 aliphatic rings. The van der Waals surface area contributed by atoms with Crippen LogP contribution >= 0.6 is 0 Å². The number of hydrogen-bond acceptors (Lipinski definition) is 4. The first-order valence-electron chi connectivity index (χ1n) is 6.49. The first-order valence-corrected chi connectivity index (χ1v) is 6.49. The summed E-state index contributed by atoms with van der Waals surface area (Å²) in [6, 6.07) is 0. The maximum Gasteiger partial charge on any atom is 0.333 e. The zero-order valence-electron chi connectivity index (χ0n) is 10.8. The molecule has 5 unspecified atom stereocenters. The van der Waals surface area contributed by atoms with E-state index in [1.54, 1.807) is 6.92 Å². The molecule has 98 valence electrons. The SMILES string of the molecule is C=C(C)C(=O)OC1C2CC3C1CC3(OC(C)=O)C2. The van der Waals surface area contributed by atoms with Crippen LogP contribution in [-0.2, 0) is 19.1 Å². The zero-order valence-corrected chi connectivity index (χ0v) is 10.8. The van der Waals surface area contributed by atoms with E-state index in [-0.39, 0.29) is 23.6 Å². The summed E-state index contributed by atoms with van der Waals surface area (Å²) < 4.78 is 11.0. The Balaban J connectivity index is 1.68. The van der Waals surface area contributed by atoms with Crippen LogP contribution in [0.25, 0.3) is 0 Å². The normalized spacial score (nSPS) is 43.2.